The van der Waals surface area contributed by atoms with Crippen molar-refractivity contribution in [2.24, 2.45) is 0 Å². The van der Waals surface area contributed by atoms with Gasteiger partial charge in [-0.3, -0.25) is 4.98 Å². The Balaban J connectivity index is 2.04. The fourth-order valence-corrected chi connectivity index (χ4v) is 2.50. The molecule has 1 aliphatic rings. The minimum atomic E-state index is 0.563. The van der Waals surface area contributed by atoms with E-state index in [2.05, 4.69) is 27.1 Å². The number of ether oxygens (including phenoxy) is 1. The van der Waals surface area contributed by atoms with Crippen molar-refractivity contribution in [1.29, 1.82) is 0 Å². The second-order valence-electron chi connectivity index (χ2n) is 5.01. The molecule has 0 saturated carbocycles. The van der Waals surface area contributed by atoms with Crippen LogP contribution in [0, 0.1) is 0 Å². The normalized spacial score (nSPS) is 19.2. The molecule has 1 aromatic heterocycles. The molecule has 19 heavy (non-hydrogen) atoms. The summed E-state index contributed by atoms with van der Waals surface area (Å²) in [5, 5.41) is 3.59. The highest BCUT2D eigenvalue weighted by atomic mass is 16.5. The lowest BCUT2D eigenvalue weighted by Gasteiger charge is -2.31. The van der Waals surface area contributed by atoms with Gasteiger partial charge in [-0.1, -0.05) is 13.3 Å². The first-order valence-electron chi connectivity index (χ1n) is 7.18. The summed E-state index contributed by atoms with van der Waals surface area (Å²) in [6, 6.07) is 0.563. The maximum atomic E-state index is 5.16. The molecule has 1 aromatic rings. The molecule has 0 amide bonds. The van der Waals surface area contributed by atoms with Gasteiger partial charge in [0.25, 0.3) is 0 Å². The van der Waals surface area contributed by atoms with Gasteiger partial charge in [0.1, 0.15) is 0 Å². The molecule has 1 atom stereocenters. The number of methoxy groups -OCH3 is 1. The molecule has 1 saturated heterocycles. The summed E-state index contributed by atoms with van der Waals surface area (Å²) < 4.78 is 5.16. The number of nitrogens with one attached hydrogen (secondary N) is 1. The first kappa shape index (κ1) is 14.1. The molecule has 0 spiro atoms. The molecule has 106 valence electrons. The van der Waals surface area contributed by atoms with Crippen molar-refractivity contribution < 1.29 is 4.74 Å². The molecule has 2 rings (SSSR count). The third-order valence-electron chi connectivity index (χ3n) is 3.48. The topological polar surface area (TPSA) is 50.3 Å². The molecule has 1 aliphatic heterocycles. The first-order valence-corrected chi connectivity index (χ1v) is 7.18. The molecule has 1 N–H and O–H groups in total. The molecular formula is C14H24N4O. The molecule has 1 fully saturated rings. The van der Waals surface area contributed by atoms with Crippen molar-refractivity contribution in [2.75, 3.05) is 31.6 Å². The van der Waals surface area contributed by atoms with Crippen LogP contribution in [-0.4, -0.2) is 42.8 Å². The van der Waals surface area contributed by atoms with Gasteiger partial charge in [0.2, 0.25) is 5.88 Å². The summed E-state index contributed by atoms with van der Waals surface area (Å²) in [6.07, 6.45) is 8.43. The van der Waals surface area contributed by atoms with Crippen LogP contribution in [0.4, 0.5) is 5.82 Å². The van der Waals surface area contributed by atoms with Gasteiger partial charge in [-0.15, -0.1) is 0 Å². The Bertz CT molecular complexity index is 379. The molecule has 0 aliphatic carbocycles. The molecular weight excluding hydrogens is 240 g/mol. The Hall–Kier alpha value is -1.36. The maximum Gasteiger partial charge on any atom is 0.233 e. The van der Waals surface area contributed by atoms with Crippen LogP contribution in [0.1, 0.15) is 32.6 Å². The van der Waals surface area contributed by atoms with Gasteiger partial charge in [0.05, 0.1) is 19.5 Å². The molecule has 1 unspecified atom stereocenters. The van der Waals surface area contributed by atoms with Crippen LogP contribution in [0.3, 0.4) is 0 Å². The number of aromatic nitrogens is 2. The quantitative estimate of drug-likeness (QED) is 0.849. The number of piperidine rings is 1. The first-order chi connectivity index (χ1) is 9.33. The summed E-state index contributed by atoms with van der Waals surface area (Å²) in [6.45, 7) is 5.32. The minimum absolute atomic E-state index is 0.563. The summed E-state index contributed by atoms with van der Waals surface area (Å²) in [5.41, 5.74) is 0. The molecule has 0 aromatic carbocycles. The van der Waals surface area contributed by atoms with Crippen LogP contribution in [0.15, 0.2) is 12.4 Å². The Morgan fingerprint density at radius 1 is 1.42 bits per heavy atom. The van der Waals surface area contributed by atoms with Crippen LogP contribution in [-0.2, 0) is 0 Å². The standard InChI is InChI=1S/C14H24N4O/c1-3-8-18(11-12-6-4-5-7-16-12)13-9-15-10-14(17-13)19-2/h9-10,12,16H,3-8,11H2,1-2H3. The molecule has 0 radical (unpaired) electrons. The zero-order valence-corrected chi connectivity index (χ0v) is 11.9. The van der Waals surface area contributed by atoms with Crippen molar-refractivity contribution in [2.45, 2.75) is 38.6 Å². The average Bonchev–Trinajstić information content (AvgIpc) is 2.48. The van der Waals surface area contributed by atoms with Gasteiger partial charge in [-0.05, 0) is 25.8 Å². The highest BCUT2D eigenvalue weighted by Gasteiger charge is 2.17. The van der Waals surface area contributed by atoms with Crippen molar-refractivity contribution >= 4 is 5.82 Å². The van der Waals surface area contributed by atoms with Crippen LogP contribution < -0.4 is 15.0 Å². The van der Waals surface area contributed by atoms with Gasteiger partial charge in [0, 0.05) is 19.1 Å². The molecule has 0 bridgehead atoms. The summed E-state index contributed by atoms with van der Waals surface area (Å²) >= 11 is 0. The van der Waals surface area contributed by atoms with E-state index in [4.69, 9.17) is 4.74 Å². The largest absolute Gasteiger partial charge is 0.480 e. The second kappa shape index (κ2) is 7.28. The fraction of sp³-hybridized carbons (Fsp3) is 0.714. The number of hydrogen-bond donors (Lipinski definition) is 1. The fourth-order valence-electron chi connectivity index (χ4n) is 2.50. The lowest BCUT2D eigenvalue weighted by molar-refractivity contribution is 0.389. The minimum Gasteiger partial charge on any atom is -0.480 e. The Morgan fingerprint density at radius 3 is 3.00 bits per heavy atom. The molecule has 2 heterocycles. The van der Waals surface area contributed by atoms with E-state index in [0.29, 0.717) is 11.9 Å². The molecule has 5 nitrogen and oxygen atoms in total. The lowest BCUT2D eigenvalue weighted by atomic mass is 10.0. The second-order valence-corrected chi connectivity index (χ2v) is 5.01. The average molecular weight is 264 g/mol. The predicted octanol–water partition coefficient (Wildman–Crippen LogP) is 1.84. The van der Waals surface area contributed by atoms with Crippen LogP contribution in [0.2, 0.25) is 0 Å². The van der Waals surface area contributed by atoms with Crippen molar-refractivity contribution in [3.63, 3.8) is 0 Å². The number of hydrogen-bond acceptors (Lipinski definition) is 5. The third kappa shape index (κ3) is 4.06. The lowest BCUT2D eigenvalue weighted by Crippen LogP contribution is -2.44. The molecule has 5 heteroatoms. The van der Waals surface area contributed by atoms with Crippen molar-refractivity contribution in [3.8, 4) is 5.88 Å². The predicted molar refractivity (Wildman–Crippen MR) is 76.7 cm³/mol. The smallest absolute Gasteiger partial charge is 0.233 e. The SMILES string of the molecule is CCCN(CC1CCCCN1)c1cncc(OC)n1. The number of anilines is 1. The Labute approximate surface area is 115 Å². The maximum absolute atomic E-state index is 5.16. The van der Waals surface area contributed by atoms with E-state index in [0.717, 1.165) is 31.9 Å². The van der Waals surface area contributed by atoms with E-state index >= 15 is 0 Å². The van der Waals surface area contributed by atoms with E-state index in [1.165, 1.54) is 19.3 Å². The Kier molecular flexibility index (Phi) is 5.39. The van der Waals surface area contributed by atoms with E-state index in [1.54, 1.807) is 13.3 Å². The highest BCUT2D eigenvalue weighted by Crippen LogP contribution is 2.16. The van der Waals surface area contributed by atoms with E-state index in [1.807, 2.05) is 6.20 Å². The third-order valence-corrected chi connectivity index (χ3v) is 3.48. The van der Waals surface area contributed by atoms with Crippen molar-refractivity contribution in [3.05, 3.63) is 12.4 Å². The summed E-state index contributed by atoms with van der Waals surface area (Å²) in [7, 11) is 1.63. The Morgan fingerprint density at radius 2 is 2.32 bits per heavy atom. The van der Waals surface area contributed by atoms with Gasteiger partial charge >= 0.3 is 0 Å². The number of rotatable bonds is 6. The van der Waals surface area contributed by atoms with Gasteiger partial charge in [-0.25, -0.2) is 0 Å². The van der Waals surface area contributed by atoms with Crippen LogP contribution >= 0.6 is 0 Å². The van der Waals surface area contributed by atoms with Crippen LogP contribution in [0.25, 0.3) is 0 Å². The van der Waals surface area contributed by atoms with Crippen LogP contribution in [0.5, 0.6) is 5.88 Å². The van der Waals surface area contributed by atoms with E-state index in [9.17, 15) is 0 Å². The van der Waals surface area contributed by atoms with Crippen molar-refractivity contribution in [1.82, 2.24) is 15.3 Å². The highest BCUT2D eigenvalue weighted by molar-refractivity contribution is 5.37. The monoisotopic (exact) mass is 264 g/mol. The summed E-state index contributed by atoms with van der Waals surface area (Å²) in [5.74, 6) is 1.49. The summed E-state index contributed by atoms with van der Waals surface area (Å²) in [4.78, 5) is 11.0. The zero-order valence-electron chi connectivity index (χ0n) is 11.9. The van der Waals surface area contributed by atoms with E-state index in [-0.39, 0.29) is 0 Å². The van der Waals surface area contributed by atoms with Gasteiger partial charge in [-0.2, -0.15) is 4.98 Å². The zero-order chi connectivity index (χ0) is 13.5. The number of nitrogens with zero attached hydrogens (tertiary/aromatic N) is 3. The van der Waals surface area contributed by atoms with E-state index < -0.39 is 0 Å². The van der Waals surface area contributed by atoms with Gasteiger partial charge < -0.3 is 15.0 Å². The van der Waals surface area contributed by atoms with Gasteiger partial charge in [0.15, 0.2) is 5.82 Å².